The Labute approximate surface area is 98.8 Å². The lowest BCUT2D eigenvalue weighted by Crippen LogP contribution is -2.10. The van der Waals surface area contributed by atoms with Crippen LogP contribution in [0.1, 0.15) is 30.1 Å². The normalized spacial score (nSPS) is 14.9. The van der Waals surface area contributed by atoms with E-state index in [1.54, 1.807) is 18.5 Å². The van der Waals surface area contributed by atoms with Crippen LogP contribution < -0.4 is 5.56 Å². The molecule has 2 aromatic heterocycles. The zero-order chi connectivity index (χ0) is 11.8. The summed E-state index contributed by atoms with van der Waals surface area (Å²) in [5.41, 5.74) is 2.68. The van der Waals surface area contributed by atoms with Gasteiger partial charge >= 0.3 is 0 Å². The molecule has 1 aliphatic rings. The number of aromatic amines is 1. The standard InChI is InChI=1S/C13H13N3O/c1-8-7-14-5-4-10(8)11-6-12(17)16-13(15-11)9-2-3-9/h4-7,9H,2-3H2,1H3,(H,15,16,17). The van der Waals surface area contributed by atoms with E-state index in [9.17, 15) is 4.79 Å². The van der Waals surface area contributed by atoms with Gasteiger partial charge in [0.1, 0.15) is 5.82 Å². The largest absolute Gasteiger partial charge is 0.310 e. The molecule has 4 nitrogen and oxygen atoms in total. The van der Waals surface area contributed by atoms with E-state index in [0.29, 0.717) is 5.92 Å². The molecule has 0 atom stereocenters. The Bertz CT molecular complexity index is 614. The molecule has 0 aliphatic heterocycles. The molecule has 1 N–H and O–H groups in total. The van der Waals surface area contributed by atoms with Gasteiger partial charge in [0, 0.05) is 29.9 Å². The minimum Gasteiger partial charge on any atom is -0.310 e. The van der Waals surface area contributed by atoms with E-state index in [1.807, 2.05) is 13.0 Å². The molecule has 1 saturated carbocycles. The fraction of sp³-hybridized carbons (Fsp3) is 0.308. The summed E-state index contributed by atoms with van der Waals surface area (Å²) in [5.74, 6) is 1.27. The van der Waals surface area contributed by atoms with Gasteiger partial charge in [-0.1, -0.05) is 0 Å². The fourth-order valence-electron chi connectivity index (χ4n) is 1.93. The van der Waals surface area contributed by atoms with Crippen LogP contribution in [0.5, 0.6) is 0 Å². The number of H-pyrrole nitrogens is 1. The molecule has 2 heterocycles. The van der Waals surface area contributed by atoms with Gasteiger partial charge in [0.2, 0.25) is 0 Å². The third kappa shape index (κ3) is 1.98. The predicted molar refractivity (Wildman–Crippen MR) is 64.8 cm³/mol. The topological polar surface area (TPSA) is 58.6 Å². The molecule has 86 valence electrons. The number of hydrogen-bond acceptors (Lipinski definition) is 3. The molecule has 0 amide bonds. The zero-order valence-corrected chi connectivity index (χ0v) is 9.60. The van der Waals surface area contributed by atoms with E-state index in [1.165, 1.54) is 0 Å². The van der Waals surface area contributed by atoms with Crippen LogP contribution in [0.3, 0.4) is 0 Å². The van der Waals surface area contributed by atoms with Gasteiger partial charge in [-0.2, -0.15) is 0 Å². The van der Waals surface area contributed by atoms with Crippen molar-refractivity contribution in [1.82, 2.24) is 15.0 Å². The average molecular weight is 227 g/mol. The monoisotopic (exact) mass is 227 g/mol. The Hall–Kier alpha value is -1.97. The van der Waals surface area contributed by atoms with E-state index in [4.69, 9.17) is 0 Å². The quantitative estimate of drug-likeness (QED) is 0.853. The summed E-state index contributed by atoms with van der Waals surface area (Å²) >= 11 is 0. The molecule has 2 aromatic rings. The number of rotatable bonds is 2. The summed E-state index contributed by atoms with van der Waals surface area (Å²) in [6, 6.07) is 3.45. The van der Waals surface area contributed by atoms with Crippen LogP contribution in [0.4, 0.5) is 0 Å². The maximum atomic E-state index is 11.6. The lowest BCUT2D eigenvalue weighted by atomic mass is 10.1. The number of nitrogens with zero attached hydrogens (tertiary/aromatic N) is 2. The average Bonchev–Trinajstić information content (AvgIpc) is 3.12. The van der Waals surface area contributed by atoms with Crippen molar-refractivity contribution in [1.29, 1.82) is 0 Å². The number of pyridine rings is 1. The minimum atomic E-state index is -0.0758. The van der Waals surface area contributed by atoms with Gasteiger partial charge in [0.05, 0.1) is 5.69 Å². The molecular formula is C13H13N3O. The number of nitrogens with one attached hydrogen (secondary N) is 1. The van der Waals surface area contributed by atoms with Gasteiger partial charge in [-0.15, -0.1) is 0 Å². The Kier molecular flexibility index (Phi) is 2.28. The van der Waals surface area contributed by atoms with E-state index in [0.717, 1.165) is 35.5 Å². The Morgan fingerprint density at radius 2 is 2.24 bits per heavy atom. The molecule has 0 unspecified atom stereocenters. The first-order valence-electron chi connectivity index (χ1n) is 5.76. The number of aryl methyl sites for hydroxylation is 1. The lowest BCUT2D eigenvalue weighted by Gasteiger charge is -2.05. The highest BCUT2D eigenvalue weighted by Gasteiger charge is 2.26. The smallest absolute Gasteiger partial charge is 0.251 e. The van der Waals surface area contributed by atoms with Crippen LogP contribution in [0.25, 0.3) is 11.3 Å². The van der Waals surface area contributed by atoms with Crippen molar-refractivity contribution >= 4 is 0 Å². The van der Waals surface area contributed by atoms with Crippen molar-refractivity contribution in [2.24, 2.45) is 0 Å². The van der Waals surface area contributed by atoms with Gasteiger partial charge in [0.25, 0.3) is 5.56 Å². The van der Waals surface area contributed by atoms with Crippen LogP contribution in [-0.2, 0) is 0 Å². The van der Waals surface area contributed by atoms with Crippen molar-refractivity contribution in [3.05, 3.63) is 46.3 Å². The van der Waals surface area contributed by atoms with Crippen molar-refractivity contribution in [3.8, 4) is 11.3 Å². The summed E-state index contributed by atoms with van der Waals surface area (Å²) in [6.45, 7) is 1.97. The van der Waals surface area contributed by atoms with Crippen LogP contribution in [0, 0.1) is 6.92 Å². The first-order chi connectivity index (χ1) is 8.24. The summed E-state index contributed by atoms with van der Waals surface area (Å²) < 4.78 is 0. The molecule has 0 spiro atoms. The second-order valence-electron chi connectivity index (χ2n) is 4.48. The summed E-state index contributed by atoms with van der Waals surface area (Å²) in [5, 5.41) is 0. The van der Waals surface area contributed by atoms with E-state index in [-0.39, 0.29) is 5.56 Å². The highest BCUT2D eigenvalue weighted by molar-refractivity contribution is 5.62. The molecule has 0 bridgehead atoms. The van der Waals surface area contributed by atoms with Crippen LogP contribution in [0.2, 0.25) is 0 Å². The Morgan fingerprint density at radius 1 is 1.41 bits per heavy atom. The molecule has 17 heavy (non-hydrogen) atoms. The van der Waals surface area contributed by atoms with Crippen molar-refractivity contribution < 1.29 is 0 Å². The molecule has 0 saturated heterocycles. The van der Waals surface area contributed by atoms with Gasteiger partial charge in [0.15, 0.2) is 0 Å². The second-order valence-corrected chi connectivity index (χ2v) is 4.48. The molecule has 4 heteroatoms. The van der Waals surface area contributed by atoms with Gasteiger partial charge < -0.3 is 4.98 Å². The molecule has 0 aromatic carbocycles. The summed E-state index contributed by atoms with van der Waals surface area (Å²) in [6.07, 6.45) is 5.76. The van der Waals surface area contributed by atoms with Crippen molar-refractivity contribution in [2.45, 2.75) is 25.7 Å². The minimum absolute atomic E-state index is 0.0758. The maximum Gasteiger partial charge on any atom is 0.251 e. The molecular weight excluding hydrogens is 214 g/mol. The first-order valence-corrected chi connectivity index (χ1v) is 5.76. The fourth-order valence-corrected chi connectivity index (χ4v) is 1.93. The van der Waals surface area contributed by atoms with Crippen molar-refractivity contribution in [2.75, 3.05) is 0 Å². The van der Waals surface area contributed by atoms with E-state index >= 15 is 0 Å². The highest BCUT2D eigenvalue weighted by Crippen LogP contribution is 2.38. The number of aromatic nitrogens is 3. The molecule has 3 rings (SSSR count). The number of hydrogen-bond donors (Lipinski definition) is 1. The SMILES string of the molecule is Cc1cnccc1-c1cc(=O)[nH]c(C2CC2)n1. The Balaban J connectivity index is 2.14. The molecule has 0 radical (unpaired) electrons. The highest BCUT2D eigenvalue weighted by atomic mass is 16.1. The summed E-state index contributed by atoms with van der Waals surface area (Å²) in [4.78, 5) is 23.0. The van der Waals surface area contributed by atoms with E-state index in [2.05, 4.69) is 15.0 Å². The molecule has 1 fully saturated rings. The van der Waals surface area contributed by atoms with Crippen LogP contribution in [-0.4, -0.2) is 15.0 Å². The van der Waals surface area contributed by atoms with Crippen molar-refractivity contribution in [3.63, 3.8) is 0 Å². The van der Waals surface area contributed by atoms with Crippen LogP contribution in [0.15, 0.2) is 29.3 Å². The van der Waals surface area contributed by atoms with Gasteiger partial charge in [-0.3, -0.25) is 9.78 Å². The molecule has 1 aliphatic carbocycles. The third-order valence-corrected chi connectivity index (χ3v) is 3.02. The van der Waals surface area contributed by atoms with Gasteiger partial charge in [-0.25, -0.2) is 4.98 Å². The third-order valence-electron chi connectivity index (χ3n) is 3.02. The zero-order valence-electron chi connectivity index (χ0n) is 9.60. The van der Waals surface area contributed by atoms with Crippen LogP contribution >= 0.6 is 0 Å². The Morgan fingerprint density at radius 3 is 2.94 bits per heavy atom. The van der Waals surface area contributed by atoms with E-state index < -0.39 is 0 Å². The summed E-state index contributed by atoms with van der Waals surface area (Å²) in [7, 11) is 0. The lowest BCUT2D eigenvalue weighted by molar-refractivity contribution is 0.911. The first kappa shape index (κ1) is 10.2. The van der Waals surface area contributed by atoms with Gasteiger partial charge in [-0.05, 0) is 31.4 Å². The predicted octanol–water partition coefficient (Wildman–Crippen LogP) is 2.02. The second kappa shape index (κ2) is 3.80. The maximum absolute atomic E-state index is 11.6.